The molecule has 0 N–H and O–H groups in total. The van der Waals surface area contributed by atoms with Crippen molar-refractivity contribution in [1.82, 2.24) is 0 Å². The second-order valence-electron chi connectivity index (χ2n) is 3.38. The number of aryl methyl sites for hydroxylation is 1. The van der Waals surface area contributed by atoms with Crippen LogP contribution in [0.5, 0.6) is 5.75 Å². The molecule has 0 aliphatic carbocycles. The van der Waals surface area contributed by atoms with E-state index in [2.05, 4.69) is 0 Å². The fourth-order valence-electron chi connectivity index (χ4n) is 1.44. The van der Waals surface area contributed by atoms with Gasteiger partial charge in [-0.05, 0) is 37.1 Å². The Hall–Kier alpha value is -1.31. The van der Waals surface area contributed by atoms with Crippen LogP contribution < -0.4 is 4.74 Å². The lowest BCUT2D eigenvalue weighted by atomic mass is 9.97. The van der Waals surface area contributed by atoms with Crippen LogP contribution in [0, 0.1) is 6.92 Å². The van der Waals surface area contributed by atoms with Crippen LogP contribution in [0.2, 0.25) is 0 Å². The Morgan fingerprint density at radius 1 is 1.50 bits per heavy atom. The van der Waals surface area contributed by atoms with Crippen molar-refractivity contribution < 1.29 is 9.53 Å². The second kappa shape index (κ2) is 4.80. The molecule has 0 saturated carbocycles. The molecule has 1 unspecified atom stereocenters. The lowest BCUT2D eigenvalue weighted by Crippen LogP contribution is -1.99. The van der Waals surface area contributed by atoms with E-state index < -0.39 is 0 Å². The van der Waals surface area contributed by atoms with Crippen molar-refractivity contribution >= 4 is 6.29 Å². The molecule has 0 aliphatic heterocycles. The minimum absolute atomic E-state index is 0.0598. The van der Waals surface area contributed by atoms with Gasteiger partial charge in [-0.1, -0.05) is 13.0 Å². The average molecular weight is 192 g/mol. The average Bonchev–Trinajstić information content (AvgIpc) is 2.20. The number of carbonyl (C=O) groups excluding carboxylic acids is 1. The first-order valence-corrected chi connectivity index (χ1v) is 4.87. The standard InChI is InChI=1S/C12H16O2/c1-4-14-11-6-5-9(2)12(7-11)10(3)8-13/h5-8,10H,4H2,1-3H3. The normalized spacial score (nSPS) is 12.2. The molecule has 0 bridgehead atoms. The third kappa shape index (κ3) is 2.34. The molecule has 1 rings (SSSR count). The van der Waals surface area contributed by atoms with E-state index in [4.69, 9.17) is 4.74 Å². The second-order valence-corrected chi connectivity index (χ2v) is 3.38. The first kappa shape index (κ1) is 10.8. The van der Waals surface area contributed by atoms with Crippen LogP contribution in [0.1, 0.15) is 30.9 Å². The maximum absolute atomic E-state index is 10.7. The molecule has 76 valence electrons. The number of rotatable bonds is 4. The topological polar surface area (TPSA) is 26.3 Å². The minimum Gasteiger partial charge on any atom is -0.494 e. The maximum atomic E-state index is 10.7. The Bertz CT molecular complexity index is 318. The number of benzene rings is 1. The predicted octanol–water partition coefficient (Wildman–Crippen LogP) is 2.70. The van der Waals surface area contributed by atoms with Crippen molar-refractivity contribution in [3.8, 4) is 5.75 Å². The fourth-order valence-corrected chi connectivity index (χ4v) is 1.44. The summed E-state index contributed by atoms with van der Waals surface area (Å²) in [6.45, 7) is 6.50. The zero-order valence-electron chi connectivity index (χ0n) is 8.91. The molecule has 0 radical (unpaired) electrons. The summed E-state index contributed by atoms with van der Waals surface area (Å²) in [6, 6.07) is 5.86. The van der Waals surface area contributed by atoms with Crippen molar-refractivity contribution in [2.45, 2.75) is 26.7 Å². The van der Waals surface area contributed by atoms with Gasteiger partial charge in [-0.3, -0.25) is 0 Å². The minimum atomic E-state index is -0.0598. The molecule has 0 fully saturated rings. The largest absolute Gasteiger partial charge is 0.494 e. The summed E-state index contributed by atoms with van der Waals surface area (Å²) >= 11 is 0. The lowest BCUT2D eigenvalue weighted by Gasteiger charge is -2.11. The van der Waals surface area contributed by atoms with E-state index in [1.807, 2.05) is 39.0 Å². The van der Waals surface area contributed by atoms with Crippen LogP contribution in [0.4, 0.5) is 0 Å². The van der Waals surface area contributed by atoms with E-state index in [1.165, 1.54) is 0 Å². The maximum Gasteiger partial charge on any atom is 0.127 e. The summed E-state index contributed by atoms with van der Waals surface area (Å²) in [7, 11) is 0. The highest BCUT2D eigenvalue weighted by Gasteiger charge is 2.08. The highest BCUT2D eigenvalue weighted by molar-refractivity contribution is 5.63. The third-order valence-corrected chi connectivity index (χ3v) is 2.26. The Balaban J connectivity index is 3.01. The predicted molar refractivity (Wildman–Crippen MR) is 56.8 cm³/mol. The van der Waals surface area contributed by atoms with E-state index in [-0.39, 0.29) is 5.92 Å². The molecule has 0 heterocycles. The van der Waals surface area contributed by atoms with Gasteiger partial charge in [0.05, 0.1) is 6.61 Å². The smallest absolute Gasteiger partial charge is 0.127 e. The third-order valence-electron chi connectivity index (χ3n) is 2.26. The van der Waals surface area contributed by atoms with E-state index in [0.29, 0.717) is 6.61 Å². The zero-order valence-corrected chi connectivity index (χ0v) is 8.91. The van der Waals surface area contributed by atoms with Gasteiger partial charge in [0.25, 0.3) is 0 Å². The van der Waals surface area contributed by atoms with Gasteiger partial charge in [-0.25, -0.2) is 0 Å². The zero-order chi connectivity index (χ0) is 10.6. The van der Waals surface area contributed by atoms with E-state index >= 15 is 0 Å². The molecule has 0 saturated heterocycles. The Labute approximate surface area is 84.9 Å². The van der Waals surface area contributed by atoms with Gasteiger partial charge in [0.15, 0.2) is 0 Å². The number of hydrogen-bond donors (Lipinski definition) is 0. The molecule has 1 aromatic rings. The highest BCUT2D eigenvalue weighted by Crippen LogP contribution is 2.23. The first-order valence-electron chi connectivity index (χ1n) is 4.87. The molecular weight excluding hydrogens is 176 g/mol. The molecule has 14 heavy (non-hydrogen) atoms. The fraction of sp³-hybridized carbons (Fsp3) is 0.417. The van der Waals surface area contributed by atoms with Crippen molar-refractivity contribution in [3.05, 3.63) is 29.3 Å². The summed E-state index contributed by atoms with van der Waals surface area (Å²) in [5.74, 6) is 0.775. The summed E-state index contributed by atoms with van der Waals surface area (Å²) in [4.78, 5) is 10.7. The summed E-state index contributed by atoms with van der Waals surface area (Å²) in [5, 5.41) is 0. The molecule has 2 nitrogen and oxygen atoms in total. The van der Waals surface area contributed by atoms with Crippen molar-refractivity contribution in [2.24, 2.45) is 0 Å². The van der Waals surface area contributed by atoms with Gasteiger partial charge >= 0.3 is 0 Å². The van der Waals surface area contributed by atoms with Crippen LogP contribution in [0.3, 0.4) is 0 Å². The molecule has 0 amide bonds. The van der Waals surface area contributed by atoms with E-state index in [9.17, 15) is 4.79 Å². The highest BCUT2D eigenvalue weighted by atomic mass is 16.5. The van der Waals surface area contributed by atoms with Crippen LogP contribution >= 0.6 is 0 Å². The van der Waals surface area contributed by atoms with Crippen LogP contribution in [0.25, 0.3) is 0 Å². The van der Waals surface area contributed by atoms with Crippen molar-refractivity contribution in [3.63, 3.8) is 0 Å². The van der Waals surface area contributed by atoms with Gasteiger partial charge in [-0.15, -0.1) is 0 Å². The molecule has 0 aromatic heterocycles. The molecule has 2 heteroatoms. The molecule has 1 aromatic carbocycles. The number of hydrogen-bond acceptors (Lipinski definition) is 2. The Morgan fingerprint density at radius 3 is 2.79 bits per heavy atom. The van der Waals surface area contributed by atoms with Gasteiger partial charge < -0.3 is 9.53 Å². The van der Waals surface area contributed by atoms with Crippen LogP contribution in [0.15, 0.2) is 18.2 Å². The molecular formula is C12H16O2. The SMILES string of the molecule is CCOc1ccc(C)c(C(C)C=O)c1. The first-order chi connectivity index (χ1) is 6.69. The van der Waals surface area contributed by atoms with Crippen molar-refractivity contribution in [1.29, 1.82) is 0 Å². The lowest BCUT2D eigenvalue weighted by molar-refractivity contribution is -0.108. The molecule has 1 atom stereocenters. The number of carbonyl (C=O) groups is 1. The monoisotopic (exact) mass is 192 g/mol. The van der Waals surface area contributed by atoms with E-state index in [0.717, 1.165) is 23.2 Å². The Morgan fingerprint density at radius 2 is 2.21 bits per heavy atom. The van der Waals surface area contributed by atoms with Gasteiger partial charge in [0.1, 0.15) is 12.0 Å². The quantitative estimate of drug-likeness (QED) is 0.685. The summed E-state index contributed by atoms with van der Waals surface area (Å²) in [6.07, 6.45) is 0.956. The number of aldehydes is 1. The van der Waals surface area contributed by atoms with E-state index in [1.54, 1.807) is 0 Å². The van der Waals surface area contributed by atoms with Crippen LogP contribution in [-0.4, -0.2) is 12.9 Å². The van der Waals surface area contributed by atoms with Gasteiger partial charge in [-0.2, -0.15) is 0 Å². The summed E-state index contributed by atoms with van der Waals surface area (Å²) in [5.41, 5.74) is 2.18. The summed E-state index contributed by atoms with van der Waals surface area (Å²) < 4.78 is 5.38. The van der Waals surface area contributed by atoms with Crippen molar-refractivity contribution in [2.75, 3.05) is 6.61 Å². The van der Waals surface area contributed by atoms with Gasteiger partial charge in [0, 0.05) is 5.92 Å². The molecule has 0 spiro atoms. The van der Waals surface area contributed by atoms with Gasteiger partial charge in [0.2, 0.25) is 0 Å². The molecule has 0 aliphatic rings. The Kier molecular flexibility index (Phi) is 3.69. The number of ether oxygens (including phenoxy) is 1. The van der Waals surface area contributed by atoms with Crippen LogP contribution in [-0.2, 0) is 4.79 Å².